The molecule has 0 aliphatic rings. The van der Waals surface area contributed by atoms with Crippen molar-refractivity contribution in [3.8, 4) is 5.75 Å². The smallest absolute Gasteiger partial charge is 0.269 e. The summed E-state index contributed by atoms with van der Waals surface area (Å²) in [6, 6.07) is 4.54. The van der Waals surface area contributed by atoms with E-state index in [1.54, 1.807) is 20.1 Å². The number of nitro groups is 1. The molecule has 0 spiro atoms. The highest BCUT2D eigenvalue weighted by molar-refractivity contribution is 7.09. The summed E-state index contributed by atoms with van der Waals surface area (Å²) in [7, 11) is 1.64. The summed E-state index contributed by atoms with van der Waals surface area (Å²) >= 11 is 1.52. The van der Waals surface area contributed by atoms with Gasteiger partial charge in [0, 0.05) is 24.6 Å². The minimum Gasteiger partial charge on any atom is -0.487 e. The third kappa shape index (κ3) is 3.77. The number of rotatable bonds is 6. The summed E-state index contributed by atoms with van der Waals surface area (Å²) in [6.45, 7) is 4.04. The van der Waals surface area contributed by atoms with Crippen LogP contribution >= 0.6 is 11.3 Å². The molecule has 0 amide bonds. The minimum atomic E-state index is -0.421. The first kappa shape index (κ1) is 15.4. The lowest BCUT2D eigenvalue weighted by Gasteiger charge is -2.07. The van der Waals surface area contributed by atoms with E-state index < -0.39 is 4.92 Å². The van der Waals surface area contributed by atoms with Crippen LogP contribution in [0, 0.1) is 17.0 Å². The second-order valence-electron chi connectivity index (χ2n) is 4.55. The lowest BCUT2D eigenvalue weighted by atomic mass is 10.2. The molecule has 6 nitrogen and oxygen atoms in total. The van der Waals surface area contributed by atoms with Crippen LogP contribution in [-0.2, 0) is 11.3 Å². The summed E-state index contributed by atoms with van der Waals surface area (Å²) in [5, 5.41) is 13.5. The van der Waals surface area contributed by atoms with Crippen LogP contribution in [0.2, 0.25) is 0 Å². The van der Waals surface area contributed by atoms with Gasteiger partial charge >= 0.3 is 0 Å². The first-order valence-electron chi connectivity index (χ1n) is 6.36. The van der Waals surface area contributed by atoms with Gasteiger partial charge in [0.15, 0.2) is 0 Å². The van der Waals surface area contributed by atoms with Gasteiger partial charge in [-0.25, -0.2) is 4.98 Å². The molecule has 2 rings (SSSR count). The first-order chi connectivity index (χ1) is 10.0. The lowest BCUT2D eigenvalue weighted by Crippen LogP contribution is -2.00. The molecule has 1 heterocycles. The molecule has 0 N–H and O–H groups in total. The Hall–Kier alpha value is -1.99. The molecule has 0 aliphatic carbocycles. The Bertz CT molecular complexity index is 642. The second kappa shape index (κ2) is 6.64. The van der Waals surface area contributed by atoms with E-state index in [2.05, 4.69) is 4.98 Å². The van der Waals surface area contributed by atoms with Gasteiger partial charge in [0.25, 0.3) is 5.69 Å². The number of aryl methyl sites for hydroxylation is 1. The molecule has 0 radical (unpaired) electrons. The fraction of sp³-hybridized carbons (Fsp3) is 0.357. The van der Waals surface area contributed by atoms with Crippen molar-refractivity contribution in [1.82, 2.24) is 4.98 Å². The van der Waals surface area contributed by atoms with Gasteiger partial charge in [-0.1, -0.05) is 0 Å². The van der Waals surface area contributed by atoms with Crippen LogP contribution in [0.15, 0.2) is 23.6 Å². The van der Waals surface area contributed by atoms with Crippen molar-refractivity contribution in [1.29, 1.82) is 0 Å². The van der Waals surface area contributed by atoms with Crippen LogP contribution in [0.1, 0.15) is 29.3 Å². The number of nitrogens with zero attached hydrogens (tertiary/aromatic N) is 2. The summed E-state index contributed by atoms with van der Waals surface area (Å²) in [4.78, 5) is 14.7. The molecule has 1 unspecified atom stereocenters. The van der Waals surface area contributed by atoms with Crippen LogP contribution in [-0.4, -0.2) is 17.0 Å². The maximum Gasteiger partial charge on any atom is 0.269 e. The topological polar surface area (TPSA) is 74.5 Å². The molecular weight excluding hydrogens is 292 g/mol. The lowest BCUT2D eigenvalue weighted by molar-refractivity contribution is -0.384. The number of ether oxygens (including phenoxy) is 2. The standard InChI is InChI=1S/C14H16N2O4S/c1-9-6-12(16(17)18)4-5-13(9)20-7-11-8-21-14(15-11)10(2)19-3/h4-6,8,10H,7H2,1-3H3. The Balaban J connectivity index is 2.03. The molecule has 7 heteroatoms. The summed E-state index contributed by atoms with van der Waals surface area (Å²) in [6.07, 6.45) is -0.0372. The molecule has 0 fully saturated rings. The number of hydrogen-bond donors (Lipinski definition) is 0. The largest absolute Gasteiger partial charge is 0.487 e. The third-order valence-corrected chi connectivity index (χ3v) is 4.07. The van der Waals surface area contributed by atoms with Crippen LogP contribution < -0.4 is 4.74 Å². The molecule has 21 heavy (non-hydrogen) atoms. The fourth-order valence-electron chi connectivity index (χ4n) is 1.74. The van der Waals surface area contributed by atoms with Crippen molar-refractivity contribution in [3.05, 3.63) is 50.0 Å². The van der Waals surface area contributed by atoms with E-state index in [1.807, 2.05) is 12.3 Å². The van der Waals surface area contributed by atoms with Gasteiger partial charge in [-0.2, -0.15) is 0 Å². The quantitative estimate of drug-likeness (QED) is 0.601. The maximum absolute atomic E-state index is 10.7. The van der Waals surface area contributed by atoms with Crippen molar-refractivity contribution < 1.29 is 14.4 Å². The van der Waals surface area contributed by atoms with Crippen LogP contribution in [0.5, 0.6) is 5.75 Å². The molecule has 2 aromatic rings. The van der Waals surface area contributed by atoms with Gasteiger partial charge in [-0.15, -0.1) is 11.3 Å². The van der Waals surface area contributed by atoms with E-state index in [1.165, 1.54) is 23.5 Å². The van der Waals surface area contributed by atoms with Crippen molar-refractivity contribution in [2.75, 3.05) is 7.11 Å². The van der Waals surface area contributed by atoms with Gasteiger partial charge < -0.3 is 9.47 Å². The number of hydrogen-bond acceptors (Lipinski definition) is 6. The number of benzene rings is 1. The van der Waals surface area contributed by atoms with Gasteiger partial charge in [0.1, 0.15) is 23.5 Å². The molecular formula is C14H16N2O4S. The fourth-order valence-corrected chi connectivity index (χ4v) is 2.57. The normalized spacial score (nSPS) is 12.1. The Morgan fingerprint density at radius 1 is 1.48 bits per heavy atom. The molecule has 0 aliphatic heterocycles. The van der Waals surface area contributed by atoms with E-state index >= 15 is 0 Å². The van der Waals surface area contributed by atoms with Crippen molar-refractivity contribution >= 4 is 17.0 Å². The number of thiazole rings is 1. The highest BCUT2D eigenvalue weighted by Crippen LogP contribution is 2.25. The average molecular weight is 308 g/mol. The van der Waals surface area contributed by atoms with E-state index in [9.17, 15) is 10.1 Å². The SMILES string of the molecule is COC(C)c1nc(COc2ccc([N+](=O)[O-])cc2C)cs1. The van der Waals surface area contributed by atoms with Crippen LogP contribution in [0.25, 0.3) is 0 Å². The number of methoxy groups -OCH3 is 1. The zero-order valence-corrected chi connectivity index (χ0v) is 12.8. The molecule has 1 aromatic carbocycles. The number of aromatic nitrogens is 1. The minimum absolute atomic E-state index is 0.0372. The summed E-state index contributed by atoms with van der Waals surface area (Å²) in [5.41, 5.74) is 1.60. The second-order valence-corrected chi connectivity index (χ2v) is 5.44. The van der Waals surface area contributed by atoms with Crippen LogP contribution in [0.4, 0.5) is 5.69 Å². The Labute approximate surface area is 126 Å². The predicted octanol–water partition coefficient (Wildman–Crippen LogP) is 3.65. The average Bonchev–Trinajstić information content (AvgIpc) is 2.93. The van der Waals surface area contributed by atoms with Gasteiger partial charge in [-0.3, -0.25) is 10.1 Å². The highest BCUT2D eigenvalue weighted by Gasteiger charge is 2.11. The van der Waals surface area contributed by atoms with Gasteiger partial charge in [-0.05, 0) is 25.5 Å². The van der Waals surface area contributed by atoms with E-state index in [-0.39, 0.29) is 11.8 Å². The van der Waals surface area contributed by atoms with Crippen molar-refractivity contribution in [2.24, 2.45) is 0 Å². The third-order valence-electron chi connectivity index (χ3n) is 3.02. The van der Waals surface area contributed by atoms with Crippen molar-refractivity contribution in [3.63, 3.8) is 0 Å². The predicted molar refractivity (Wildman–Crippen MR) is 79.7 cm³/mol. The first-order valence-corrected chi connectivity index (χ1v) is 7.24. The molecule has 1 aromatic heterocycles. The molecule has 0 bridgehead atoms. The Morgan fingerprint density at radius 2 is 2.24 bits per heavy atom. The molecule has 0 saturated carbocycles. The highest BCUT2D eigenvalue weighted by atomic mass is 32.1. The maximum atomic E-state index is 10.7. The summed E-state index contributed by atoms with van der Waals surface area (Å²) in [5.74, 6) is 0.620. The van der Waals surface area contributed by atoms with E-state index in [0.29, 0.717) is 12.4 Å². The molecule has 112 valence electrons. The van der Waals surface area contributed by atoms with E-state index in [0.717, 1.165) is 16.3 Å². The zero-order chi connectivity index (χ0) is 15.4. The van der Waals surface area contributed by atoms with E-state index in [4.69, 9.17) is 9.47 Å². The molecule has 1 atom stereocenters. The van der Waals surface area contributed by atoms with Crippen LogP contribution in [0.3, 0.4) is 0 Å². The Morgan fingerprint density at radius 3 is 2.86 bits per heavy atom. The number of non-ortho nitro benzene ring substituents is 1. The summed E-state index contributed by atoms with van der Waals surface area (Å²) < 4.78 is 10.9. The monoisotopic (exact) mass is 308 g/mol. The number of nitro benzene ring substituents is 1. The molecule has 0 saturated heterocycles. The van der Waals surface area contributed by atoms with Crippen molar-refractivity contribution in [2.45, 2.75) is 26.6 Å². The zero-order valence-electron chi connectivity index (χ0n) is 12.0. The van der Waals surface area contributed by atoms with Gasteiger partial charge in [0.05, 0.1) is 10.6 Å². The Kier molecular flexibility index (Phi) is 4.87. The van der Waals surface area contributed by atoms with Gasteiger partial charge in [0.2, 0.25) is 0 Å².